The van der Waals surface area contributed by atoms with Gasteiger partial charge in [0.15, 0.2) is 0 Å². The zero-order valence-corrected chi connectivity index (χ0v) is 12.6. The molecule has 0 aliphatic carbocycles. The third-order valence-corrected chi connectivity index (χ3v) is 4.20. The van der Waals surface area contributed by atoms with Crippen molar-refractivity contribution in [1.82, 2.24) is 4.72 Å². The molecule has 1 unspecified atom stereocenters. The Bertz CT molecular complexity index is 305. The lowest BCUT2D eigenvalue weighted by Gasteiger charge is -2.31. The van der Waals surface area contributed by atoms with Gasteiger partial charge in [-0.2, -0.15) is 0 Å². The van der Waals surface area contributed by atoms with Gasteiger partial charge in [0.05, 0.1) is 5.75 Å². The van der Waals surface area contributed by atoms with Crippen LogP contribution in [0.15, 0.2) is 0 Å². The molecule has 0 heterocycles. The van der Waals surface area contributed by atoms with Crippen LogP contribution in [-0.4, -0.2) is 26.8 Å². The summed E-state index contributed by atoms with van der Waals surface area (Å²) in [5.74, 6) is 0.594. The molecule has 4 nitrogen and oxygen atoms in total. The van der Waals surface area contributed by atoms with Gasteiger partial charge < -0.3 is 5.73 Å². The second kappa shape index (κ2) is 6.71. The average molecular weight is 264 g/mol. The molecule has 0 spiro atoms. The molecule has 5 heteroatoms. The summed E-state index contributed by atoms with van der Waals surface area (Å²) in [7, 11) is -3.19. The molecule has 0 rings (SSSR count). The van der Waals surface area contributed by atoms with Crippen LogP contribution in [0.4, 0.5) is 0 Å². The van der Waals surface area contributed by atoms with Gasteiger partial charge in [0.2, 0.25) is 10.0 Å². The highest BCUT2D eigenvalue weighted by atomic mass is 32.2. The van der Waals surface area contributed by atoms with Crippen LogP contribution >= 0.6 is 0 Å². The van der Waals surface area contributed by atoms with Gasteiger partial charge in [-0.05, 0) is 30.7 Å². The maximum Gasteiger partial charge on any atom is 0.211 e. The second-order valence-corrected chi connectivity index (χ2v) is 7.99. The molecule has 0 radical (unpaired) electrons. The van der Waals surface area contributed by atoms with E-state index in [4.69, 9.17) is 5.73 Å². The van der Waals surface area contributed by atoms with Crippen LogP contribution in [0.1, 0.15) is 47.5 Å². The van der Waals surface area contributed by atoms with Crippen molar-refractivity contribution in [2.24, 2.45) is 17.1 Å². The first-order valence-corrected chi connectivity index (χ1v) is 7.94. The van der Waals surface area contributed by atoms with E-state index in [9.17, 15) is 8.42 Å². The fraction of sp³-hybridized carbons (Fsp3) is 1.00. The summed E-state index contributed by atoms with van der Waals surface area (Å²) < 4.78 is 26.6. The number of nitrogens with one attached hydrogen (secondary N) is 1. The van der Waals surface area contributed by atoms with Crippen LogP contribution in [0.25, 0.3) is 0 Å². The molecule has 0 saturated carbocycles. The fourth-order valence-electron chi connectivity index (χ4n) is 1.50. The van der Waals surface area contributed by atoms with Crippen LogP contribution in [0.3, 0.4) is 0 Å². The van der Waals surface area contributed by atoms with Crippen molar-refractivity contribution >= 4 is 10.0 Å². The van der Waals surface area contributed by atoms with Gasteiger partial charge in [-0.25, -0.2) is 13.1 Å². The summed E-state index contributed by atoms with van der Waals surface area (Å²) in [4.78, 5) is 0. The summed E-state index contributed by atoms with van der Waals surface area (Å²) in [6, 6.07) is -0.0929. The molecule has 17 heavy (non-hydrogen) atoms. The van der Waals surface area contributed by atoms with Gasteiger partial charge in [-0.15, -0.1) is 0 Å². The first kappa shape index (κ1) is 16.9. The highest BCUT2D eigenvalue weighted by molar-refractivity contribution is 7.89. The molecule has 0 aromatic rings. The Morgan fingerprint density at radius 3 is 2.06 bits per heavy atom. The normalized spacial score (nSPS) is 15.2. The van der Waals surface area contributed by atoms with Gasteiger partial charge >= 0.3 is 0 Å². The van der Waals surface area contributed by atoms with Crippen LogP contribution in [0.2, 0.25) is 0 Å². The van der Waals surface area contributed by atoms with Crippen molar-refractivity contribution in [1.29, 1.82) is 0 Å². The van der Waals surface area contributed by atoms with Crippen molar-refractivity contribution in [2.75, 3.05) is 12.3 Å². The molecule has 104 valence electrons. The molecular weight excluding hydrogens is 236 g/mol. The minimum atomic E-state index is -3.19. The Balaban J connectivity index is 4.54. The fourth-order valence-corrected chi connectivity index (χ4v) is 3.31. The molecule has 0 aromatic carbocycles. The molecule has 0 bridgehead atoms. The van der Waals surface area contributed by atoms with E-state index >= 15 is 0 Å². The monoisotopic (exact) mass is 264 g/mol. The maximum atomic E-state index is 11.9. The van der Waals surface area contributed by atoms with Crippen molar-refractivity contribution in [3.8, 4) is 0 Å². The van der Waals surface area contributed by atoms with Gasteiger partial charge in [0.25, 0.3) is 0 Å². The van der Waals surface area contributed by atoms with Crippen molar-refractivity contribution in [3.63, 3.8) is 0 Å². The Labute approximate surface area is 106 Å². The molecule has 0 fully saturated rings. The van der Waals surface area contributed by atoms with E-state index in [1.807, 2.05) is 34.6 Å². The van der Waals surface area contributed by atoms with E-state index in [0.717, 1.165) is 0 Å². The SMILES string of the molecule is CC(C)CCS(=O)(=O)NC(CCN)C(C)(C)C. The zero-order valence-electron chi connectivity index (χ0n) is 11.8. The van der Waals surface area contributed by atoms with E-state index < -0.39 is 10.0 Å². The predicted molar refractivity (Wildman–Crippen MR) is 73.3 cm³/mol. The van der Waals surface area contributed by atoms with E-state index in [2.05, 4.69) is 4.72 Å². The molecular formula is C12H28N2O2S. The number of nitrogens with two attached hydrogens (primary N) is 1. The van der Waals surface area contributed by atoms with Gasteiger partial charge in [-0.3, -0.25) is 0 Å². The molecule has 0 aliphatic heterocycles. The van der Waals surface area contributed by atoms with Crippen molar-refractivity contribution in [2.45, 2.75) is 53.5 Å². The largest absolute Gasteiger partial charge is 0.330 e. The molecule has 0 amide bonds. The molecule has 3 N–H and O–H groups in total. The Morgan fingerprint density at radius 2 is 1.71 bits per heavy atom. The number of rotatable bonds is 7. The zero-order chi connectivity index (χ0) is 13.7. The van der Waals surface area contributed by atoms with Crippen molar-refractivity contribution < 1.29 is 8.42 Å². The van der Waals surface area contributed by atoms with E-state index in [0.29, 0.717) is 25.3 Å². The summed E-state index contributed by atoms with van der Waals surface area (Å²) in [5.41, 5.74) is 5.43. The highest BCUT2D eigenvalue weighted by Crippen LogP contribution is 2.22. The van der Waals surface area contributed by atoms with Gasteiger partial charge in [0, 0.05) is 6.04 Å². The summed E-state index contributed by atoms with van der Waals surface area (Å²) in [6.07, 6.45) is 1.36. The number of hydrogen-bond acceptors (Lipinski definition) is 3. The minimum Gasteiger partial charge on any atom is -0.330 e. The second-order valence-electron chi connectivity index (χ2n) is 6.12. The number of sulfonamides is 1. The third-order valence-electron chi connectivity index (χ3n) is 2.79. The Kier molecular flexibility index (Phi) is 6.66. The third kappa shape index (κ3) is 7.73. The van der Waals surface area contributed by atoms with Crippen LogP contribution in [0, 0.1) is 11.3 Å². The lowest BCUT2D eigenvalue weighted by Crippen LogP contribution is -2.45. The van der Waals surface area contributed by atoms with E-state index in [-0.39, 0.29) is 17.2 Å². The van der Waals surface area contributed by atoms with E-state index in [1.54, 1.807) is 0 Å². The first-order valence-electron chi connectivity index (χ1n) is 6.28. The topological polar surface area (TPSA) is 72.2 Å². The Morgan fingerprint density at radius 1 is 1.18 bits per heavy atom. The maximum absolute atomic E-state index is 11.9. The first-order chi connectivity index (χ1) is 7.58. The highest BCUT2D eigenvalue weighted by Gasteiger charge is 2.27. The van der Waals surface area contributed by atoms with Gasteiger partial charge in [0.1, 0.15) is 0 Å². The Hall–Kier alpha value is -0.130. The summed E-state index contributed by atoms with van der Waals surface area (Å²) in [6.45, 7) is 10.6. The smallest absolute Gasteiger partial charge is 0.211 e. The molecule has 0 aromatic heterocycles. The molecule has 0 saturated heterocycles. The van der Waals surface area contributed by atoms with Crippen LogP contribution in [-0.2, 0) is 10.0 Å². The van der Waals surface area contributed by atoms with Crippen LogP contribution < -0.4 is 10.5 Å². The average Bonchev–Trinajstić information content (AvgIpc) is 2.13. The van der Waals surface area contributed by atoms with Crippen LogP contribution in [0.5, 0.6) is 0 Å². The van der Waals surface area contributed by atoms with Gasteiger partial charge in [-0.1, -0.05) is 34.6 Å². The quantitative estimate of drug-likeness (QED) is 0.735. The predicted octanol–water partition coefficient (Wildman–Crippen LogP) is 1.72. The summed E-state index contributed by atoms with van der Waals surface area (Å²) in [5, 5.41) is 0. The lowest BCUT2D eigenvalue weighted by molar-refractivity contribution is 0.287. The standard InChI is InChI=1S/C12H28N2O2S/c1-10(2)7-9-17(15,16)14-11(6-8-13)12(3,4)5/h10-11,14H,6-9,13H2,1-5H3. The minimum absolute atomic E-state index is 0.0929. The number of hydrogen-bond donors (Lipinski definition) is 2. The van der Waals surface area contributed by atoms with Crippen molar-refractivity contribution in [3.05, 3.63) is 0 Å². The van der Waals surface area contributed by atoms with E-state index in [1.165, 1.54) is 0 Å². The molecule has 1 atom stereocenters. The summed E-state index contributed by atoms with van der Waals surface area (Å²) >= 11 is 0. The molecule has 0 aliphatic rings. The lowest BCUT2D eigenvalue weighted by atomic mass is 9.85.